The number of thioether (sulfide) groups is 1. The second-order valence-corrected chi connectivity index (χ2v) is 5.59. The van der Waals surface area contributed by atoms with Crippen LogP contribution in [0.25, 0.3) is 11.1 Å². The van der Waals surface area contributed by atoms with Gasteiger partial charge in [0.25, 0.3) is 0 Å². The first-order chi connectivity index (χ1) is 8.72. The molecule has 0 atom stereocenters. The van der Waals surface area contributed by atoms with Gasteiger partial charge in [0, 0.05) is 0 Å². The summed E-state index contributed by atoms with van der Waals surface area (Å²) in [6.45, 7) is 2.09. The Bertz CT molecular complexity index is 509. The Labute approximate surface area is 121 Å². The van der Waals surface area contributed by atoms with Gasteiger partial charge in [-0.3, -0.25) is 0 Å². The van der Waals surface area contributed by atoms with E-state index in [4.69, 9.17) is 23.2 Å². The highest BCUT2D eigenvalue weighted by molar-refractivity contribution is 7.98. The van der Waals surface area contributed by atoms with E-state index in [9.17, 15) is 0 Å². The van der Waals surface area contributed by atoms with Crippen molar-refractivity contribution in [3.63, 3.8) is 0 Å². The second-order valence-electron chi connectivity index (χ2n) is 3.60. The zero-order valence-corrected chi connectivity index (χ0v) is 12.2. The summed E-state index contributed by atoms with van der Waals surface area (Å²) < 4.78 is 0. The van der Waals surface area contributed by atoms with Crippen LogP contribution in [0.2, 0.25) is 10.3 Å². The molecule has 0 spiro atoms. The molecule has 1 heterocycles. The minimum Gasteiger partial charge on any atom is -0.220 e. The maximum atomic E-state index is 6.20. The highest BCUT2D eigenvalue weighted by Gasteiger charge is 2.13. The normalized spacial score (nSPS) is 10.6. The molecule has 1 aromatic heterocycles. The highest BCUT2D eigenvalue weighted by atomic mass is 35.5. The van der Waals surface area contributed by atoms with E-state index in [2.05, 4.69) is 16.9 Å². The summed E-state index contributed by atoms with van der Waals surface area (Å²) >= 11 is 14.1. The van der Waals surface area contributed by atoms with Crippen molar-refractivity contribution in [2.45, 2.75) is 12.7 Å². The van der Waals surface area contributed by atoms with Gasteiger partial charge in [-0.05, 0) is 11.3 Å². The largest absolute Gasteiger partial charge is 0.220 e. The zero-order chi connectivity index (χ0) is 13.0. The lowest BCUT2D eigenvalue weighted by molar-refractivity contribution is 1.04. The van der Waals surface area contributed by atoms with Gasteiger partial charge in [0.2, 0.25) is 0 Å². The molecule has 0 amide bonds. The Morgan fingerprint density at radius 1 is 1.06 bits per heavy atom. The predicted octanol–water partition coefficient (Wildman–Crippen LogP) is 4.70. The second kappa shape index (κ2) is 6.41. The van der Waals surface area contributed by atoms with Crippen LogP contribution in [-0.4, -0.2) is 15.7 Å². The number of benzene rings is 1. The van der Waals surface area contributed by atoms with Crippen molar-refractivity contribution in [1.82, 2.24) is 9.97 Å². The van der Waals surface area contributed by atoms with Crippen LogP contribution in [-0.2, 0) is 5.75 Å². The number of halogens is 2. The maximum absolute atomic E-state index is 6.20. The van der Waals surface area contributed by atoms with E-state index in [1.807, 2.05) is 30.3 Å². The summed E-state index contributed by atoms with van der Waals surface area (Å²) in [5.41, 5.74) is 1.63. The molecule has 0 aliphatic carbocycles. The monoisotopic (exact) mass is 298 g/mol. The van der Waals surface area contributed by atoms with E-state index in [0.717, 1.165) is 17.1 Å². The van der Waals surface area contributed by atoms with Crippen LogP contribution in [0.3, 0.4) is 0 Å². The van der Waals surface area contributed by atoms with Gasteiger partial charge >= 0.3 is 0 Å². The standard InChI is InChI=1S/C13H12Cl2N2S/c1-2-18-8-10-16-12(14)11(13(15)17-10)9-6-4-3-5-7-9/h3-7H,2,8H2,1H3. The van der Waals surface area contributed by atoms with Crippen LogP contribution in [0.15, 0.2) is 30.3 Å². The van der Waals surface area contributed by atoms with Crippen molar-refractivity contribution in [2.24, 2.45) is 0 Å². The lowest BCUT2D eigenvalue weighted by atomic mass is 10.1. The molecule has 0 unspecified atom stereocenters. The molecule has 0 N–H and O–H groups in total. The number of rotatable bonds is 4. The molecule has 2 rings (SSSR count). The summed E-state index contributed by atoms with van der Waals surface area (Å²) in [6.07, 6.45) is 0. The van der Waals surface area contributed by atoms with Crippen molar-refractivity contribution in [3.05, 3.63) is 46.5 Å². The van der Waals surface area contributed by atoms with Crippen molar-refractivity contribution in [1.29, 1.82) is 0 Å². The first-order valence-electron chi connectivity index (χ1n) is 5.57. The van der Waals surface area contributed by atoms with Crippen molar-refractivity contribution in [3.8, 4) is 11.1 Å². The Kier molecular flexibility index (Phi) is 4.87. The van der Waals surface area contributed by atoms with Crippen LogP contribution in [0.1, 0.15) is 12.7 Å². The van der Waals surface area contributed by atoms with E-state index >= 15 is 0 Å². The van der Waals surface area contributed by atoms with Crippen LogP contribution in [0, 0.1) is 0 Å². The summed E-state index contributed by atoms with van der Waals surface area (Å²) in [4.78, 5) is 8.59. The predicted molar refractivity (Wildman–Crippen MR) is 79.3 cm³/mol. The van der Waals surface area contributed by atoms with Crippen LogP contribution in [0.4, 0.5) is 0 Å². The van der Waals surface area contributed by atoms with E-state index in [1.165, 1.54) is 0 Å². The van der Waals surface area contributed by atoms with Gasteiger partial charge in [0.05, 0.1) is 11.3 Å². The van der Waals surface area contributed by atoms with Crippen molar-refractivity contribution >= 4 is 35.0 Å². The Morgan fingerprint density at radius 2 is 1.67 bits per heavy atom. The summed E-state index contributed by atoms with van der Waals surface area (Å²) in [5, 5.41) is 0.820. The average Bonchev–Trinajstić information content (AvgIpc) is 2.37. The molecule has 1 aromatic carbocycles. The minimum absolute atomic E-state index is 0.410. The fourth-order valence-electron chi connectivity index (χ4n) is 1.55. The Hall–Kier alpha value is -0.770. The Balaban J connectivity index is 2.38. The minimum atomic E-state index is 0.410. The van der Waals surface area contributed by atoms with E-state index < -0.39 is 0 Å². The van der Waals surface area contributed by atoms with Gasteiger partial charge in [0.1, 0.15) is 16.1 Å². The number of hydrogen-bond donors (Lipinski definition) is 0. The van der Waals surface area contributed by atoms with Crippen LogP contribution < -0.4 is 0 Å². The van der Waals surface area contributed by atoms with Crippen molar-refractivity contribution < 1.29 is 0 Å². The van der Waals surface area contributed by atoms with Gasteiger partial charge in [-0.1, -0.05) is 60.5 Å². The molecule has 0 fully saturated rings. The fourth-order valence-corrected chi connectivity index (χ4v) is 2.71. The van der Waals surface area contributed by atoms with Crippen LogP contribution in [0.5, 0.6) is 0 Å². The zero-order valence-electron chi connectivity index (χ0n) is 9.86. The third-order valence-corrected chi connectivity index (χ3v) is 3.78. The molecule has 5 heteroatoms. The van der Waals surface area contributed by atoms with Crippen molar-refractivity contribution in [2.75, 3.05) is 5.75 Å². The van der Waals surface area contributed by atoms with Gasteiger partial charge in [0.15, 0.2) is 0 Å². The molecule has 0 saturated heterocycles. The van der Waals surface area contributed by atoms with E-state index in [0.29, 0.717) is 21.7 Å². The SMILES string of the molecule is CCSCc1nc(Cl)c(-c2ccccc2)c(Cl)n1. The molecule has 0 saturated carbocycles. The molecule has 2 nitrogen and oxygen atoms in total. The first-order valence-corrected chi connectivity index (χ1v) is 7.48. The summed E-state index contributed by atoms with van der Waals surface area (Å²) in [6, 6.07) is 9.69. The maximum Gasteiger partial charge on any atom is 0.142 e. The van der Waals surface area contributed by atoms with E-state index in [1.54, 1.807) is 11.8 Å². The van der Waals surface area contributed by atoms with Gasteiger partial charge in [-0.2, -0.15) is 11.8 Å². The number of nitrogens with zero attached hydrogens (tertiary/aromatic N) is 2. The first kappa shape index (κ1) is 13.7. The average molecular weight is 299 g/mol. The smallest absolute Gasteiger partial charge is 0.142 e. The van der Waals surface area contributed by atoms with Crippen LogP contribution >= 0.6 is 35.0 Å². The molecular weight excluding hydrogens is 287 g/mol. The quantitative estimate of drug-likeness (QED) is 0.765. The third-order valence-electron chi connectivity index (χ3n) is 2.36. The highest BCUT2D eigenvalue weighted by Crippen LogP contribution is 2.32. The van der Waals surface area contributed by atoms with Gasteiger partial charge in [-0.15, -0.1) is 0 Å². The lowest BCUT2D eigenvalue weighted by Crippen LogP contribution is -1.97. The summed E-state index contributed by atoms with van der Waals surface area (Å²) in [5.74, 6) is 2.42. The fraction of sp³-hybridized carbons (Fsp3) is 0.231. The molecule has 0 bridgehead atoms. The topological polar surface area (TPSA) is 25.8 Å². The summed E-state index contributed by atoms with van der Waals surface area (Å²) in [7, 11) is 0. The lowest BCUT2D eigenvalue weighted by Gasteiger charge is -2.08. The molecule has 0 aliphatic heterocycles. The Morgan fingerprint density at radius 3 is 2.22 bits per heavy atom. The van der Waals surface area contributed by atoms with Gasteiger partial charge in [-0.25, -0.2) is 9.97 Å². The number of hydrogen-bond acceptors (Lipinski definition) is 3. The molecular formula is C13H12Cl2N2S. The molecule has 94 valence electrons. The molecule has 0 aliphatic rings. The third kappa shape index (κ3) is 3.16. The molecule has 2 aromatic rings. The number of aromatic nitrogens is 2. The van der Waals surface area contributed by atoms with E-state index in [-0.39, 0.29) is 0 Å². The molecule has 18 heavy (non-hydrogen) atoms. The molecule has 0 radical (unpaired) electrons. The van der Waals surface area contributed by atoms with Gasteiger partial charge < -0.3 is 0 Å².